The lowest BCUT2D eigenvalue weighted by Crippen LogP contribution is -2.33. The first-order valence-electron chi connectivity index (χ1n) is 6.46. The Kier molecular flexibility index (Phi) is 3.27. The number of hydrogen-bond donors (Lipinski definition) is 1. The molecular weight excluding hydrogens is 270 g/mol. The molecule has 0 atom stereocenters. The van der Waals surface area contributed by atoms with E-state index in [4.69, 9.17) is 10.5 Å². The average molecular weight is 283 g/mol. The predicted octanol–water partition coefficient (Wildman–Crippen LogP) is 1.34. The Morgan fingerprint density at radius 2 is 1.86 bits per heavy atom. The summed E-state index contributed by atoms with van der Waals surface area (Å²) in [6.45, 7) is 0.397. The van der Waals surface area contributed by atoms with Crippen molar-refractivity contribution in [3.63, 3.8) is 0 Å². The van der Waals surface area contributed by atoms with E-state index in [1.165, 1.54) is 6.20 Å². The van der Waals surface area contributed by atoms with Gasteiger partial charge in [-0.05, 0) is 36.4 Å². The van der Waals surface area contributed by atoms with Gasteiger partial charge in [0.15, 0.2) is 0 Å². The van der Waals surface area contributed by atoms with E-state index in [9.17, 15) is 9.59 Å². The van der Waals surface area contributed by atoms with Crippen LogP contribution in [0.1, 0.15) is 20.8 Å². The van der Waals surface area contributed by atoms with E-state index in [1.54, 1.807) is 36.4 Å². The number of aromatic nitrogens is 1. The zero-order chi connectivity index (χ0) is 14.8. The number of amides is 2. The van der Waals surface area contributed by atoms with Gasteiger partial charge < -0.3 is 10.5 Å². The molecule has 0 saturated carbocycles. The van der Waals surface area contributed by atoms with Crippen LogP contribution < -0.4 is 10.5 Å². The highest BCUT2D eigenvalue weighted by molar-refractivity contribution is 6.20. The van der Waals surface area contributed by atoms with E-state index >= 15 is 0 Å². The molecule has 106 valence electrons. The SMILES string of the molecule is Nc1ccc(OCCN2C(=O)c3cccnc3C2=O)cc1. The summed E-state index contributed by atoms with van der Waals surface area (Å²) in [6, 6.07) is 10.2. The third-order valence-corrected chi connectivity index (χ3v) is 3.19. The summed E-state index contributed by atoms with van der Waals surface area (Å²) in [6.07, 6.45) is 1.50. The number of carbonyl (C=O) groups excluding carboxylic acids is 2. The number of hydrogen-bond acceptors (Lipinski definition) is 5. The van der Waals surface area contributed by atoms with Gasteiger partial charge in [0.05, 0.1) is 12.1 Å². The van der Waals surface area contributed by atoms with Crippen LogP contribution in [0.2, 0.25) is 0 Å². The maximum atomic E-state index is 12.1. The van der Waals surface area contributed by atoms with Gasteiger partial charge in [-0.3, -0.25) is 19.5 Å². The molecule has 21 heavy (non-hydrogen) atoms. The highest BCUT2D eigenvalue weighted by Gasteiger charge is 2.36. The van der Waals surface area contributed by atoms with Gasteiger partial charge in [-0.1, -0.05) is 0 Å². The Morgan fingerprint density at radius 3 is 2.57 bits per heavy atom. The van der Waals surface area contributed by atoms with Crippen molar-refractivity contribution in [2.45, 2.75) is 0 Å². The van der Waals surface area contributed by atoms with Crippen molar-refractivity contribution in [1.82, 2.24) is 9.88 Å². The Balaban J connectivity index is 1.63. The van der Waals surface area contributed by atoms with Crippen molar-refractivity contribution in [1.29, 1.82) is 0 Å². The van der Waals surface area contributed by atoms with Gasteiger partial charge in [0.1, 0.15) is 18.1 Å². The topological polar surface area (TPSA) is 85.5 Å². The molecule has 0 saturated heterocycles. The summed E-state index contributed by atoms with van der Waals surface area (Å²) in [5, 5.41) is 0. The van der Waals surface area contributed by atoms with Crippen molar-refractivity contribution in [3.8, 4) is 5.75 Å². The molecule has 1 aromatic carbocycles. The smallest absolute Gasteiger partial charge is 0.280 e. The van der Waals surface area contributed by atoms with E-state index in [-0.39, 0.29) is 30.7 Å². The van der Waals surface area contributed by atoms with E-state index in [0.717, 1.165) is 4.90 Å². The zero-order valence-electron chi connectivity index (χ0n) is 11.2. The highest BCUT2D eigenvalue weighted by atomic mass is 16.5. The molecule has 1 aromatic heterocycles. The average Bonchev–Trinajstić information content (AvgIpc) is 2.75. The van der Waals surface area contributed by atoms with Crippen molar-refractivity contribution < 1.29 is 14.3 Å². The van der Waals surface area contributed by atoms with Crippen molar-refractivity contribution in [2.24, 2.45) is 0 Å². The van der Waals surface area contributed by atoms with Crippen molar-refractivity contribution in [3.05, 3.63) is 53.9 Å². The molecule has 2 aromatic rings. The normalized spacial score (nSPS) is 13.4. The fraction of sp³-hybridized carbons (Fsp3) is 0.133. The van der Waals surface area contributed by atoms with Crippen LogP contribution in [0, 0.1) is 0 Å². The molecule has 6 nitrogen and oxygen atoms in total. The second-order valence-corrected chi connectivity index (χ2v) is 4.58. The summed E-state index contributed by atoms with van der Waals surface area (Å²) >= 11 is 0. The van der Waals surface area contributed by atoms with Crippen LogP contribution in [0.25, 0.3) is 0 Å². The minimum atomic E-state index is -0.378. The number of rotatable bonds is 4. The molecule has 2 heterocycles. The van der Waals surface area contributed by atoms with Crippen LogP contribution in [-0.4, -0.2) is 34.8 Å². The quantitative estimate of drug-likeness (QED) is 0.676. The van der Waals surface area contributed by atoms with Crippen molar-refractivity contribution >= 4 is 17.5 Å². The largest absolute Gasteiger partial charge is 0.492 e. The van der Waals surface area contributed by atoms with E-state index in [1.807, 2.05) is 0 Å². The summed E-state index contributed by atoms with van der Waals surface area (Å²) in [5.74, 6) is -0.0700. The summed E-state index contributed by atoms with van der Waals surface area (Å²) in [4.78, 5) is 29.2. The number of fused-ring (bicyclic) bond motifs is 1. The molecule has 1 aliphatic heterocycles. The molecular formula is C15H13N3O3. The first-order chi connectivity index (χ1) is 10.2. The molecule has 2 amide bonds. The molecule has 0 fully saturated rings. The number of nitrogens with zero attached hydrogens (tertiary/aromatic N) is 2. The number of ether oxygens (including phenoxy) is 1. The highest BCUT2D eigenvalue weighted by Crippen LogP contribution is 2.20. The van der Waals surface area contributed by atoms with Gasteiger partial charge in [-0.25, -0.2) is 0 Å². The Labute approximate surface area is 121 Å². The number of nitrogens with two attached hydrogens (primary N) is 1. The molecule has 3 rings (SSSR count). The lowest BCUT2D eigenvalue weighted by atomic mass is 10.2. The van der Waals surface area contributed by atoms with Crippen LogP contribution in [0.4, 0.5) is 5.69 Å². The third-order valence-electron chi connectivity index (χ3n) is 3.19. The van der Waals surface area contributed by atoms with Crippen LogP contribution in [-0.2, 0) is 0 Å². The Morgan fingerprint density at radius 1 is 1.10 bits per heavy atom. The van der Waals surface area contributed by atoms with Crippen molar-refractivity contribution in [2.75, 3.05) is 18.9 Å². The minimum Gasteiger partial charge on any atom is -0.492 e. The first kappa shape index (κ1) is 13.1. The van der Waals surface area contributed by atoms with Gasteiger partial charge in [0, 0.05) is 11.9 Å². The standard InChI is InChI=1S/C15H13N3O3/c16-10-3-5-11(6-4-10)21-9-8-18-14(19)12-2-1-7-17-13(12)15(18)20/h1-7H,8-9,16H2. The van der Waals surface area contributed by atoms with Gasteiger partial charge in [0.2, 0.25) is 0 Å². The van der Waals surface area contributed by atoms with Crippen LogP contribution in [0.3, 0.4) is 0 Å². The Bertz CT molecular complexity index is 663. The van der Waals surface area contributed by atoms with Crippen LogP contribution >= 0.6 is 0 Å². The van der Waals surface area contributed by atoms with Gasteiger partial charge in [0.25, 0.3) is 11.8 Å². The molecule has 2 N–H and O–H groups in total. The number of nitrogen functional groups attached to an aromatic ring is 1. The number of carbonyl (C=O) groups is 2. The van der Waals surface area contributed by atoms with E-state index in [0.29, 0.717) is 17.0 Å². The molecule has 0 aliphatic carbocycles. The monoisotopic (exact) mass is 283 g/mol. The van der Waals surface area contributed by atoms with Crippen LogP contribution in [0.15, 0.2) is 42.6 Å². The zero-order valence-corrected chi connectivity index (χ0v) is 11.2. The summed E-state index contributed by atoms with van der Waals surface area (Å²) in [7, 11) is 0. The lowest BCUT2D eigenvalue weighted by molar-refractivity contribution is 0.0629. The fourth-order valence-corrected chi connectivity index (χ4v) is 2.14. The number of imide groups is 1. The molecule has 6 heteroatoms. The first-order valence-corrected chi connectivity index (χ1v) is 6.46. The van der Waals surface area contributed by atoms with Gasteiger partial charge in [-0.15, -0.1) is 0 Å². The number of anilines is 1. The predicted molar refractivity (Wildman–Crippen MR) is 76.0 cm³/mol. The fourth-order valence-electron chi connectivity index (χ4n) is 2.14. The summed E-state index contributed by atoms with van der Waals surface area (Å²) in [5.41, 5.74) is 6.77. The minimum absolute atomic E-state index is 0.179. The van der Waals surface area contributed by atoms with E-state index < -0.39 is 0 Å². The maximum absolute atomic E-state index is 12.1. The Hall–Kier alpha value is -2.89. The molecule has 0 bridgehead atoms. The second kappa shape index (κ2) is 5.24. The molecule has 0 radical (unpaired) electrons. The molecule has 0 spiro atoms. The third kappa shape index (κ3) is 2.43. The second-order valence-electron chi connectivity index (χ2n) is 4.58. The number of benzene rings is 1. The molecule has 1 aliphatic rings. The maximum Gasteiger partial charge on any atom is 0.280 e. The number of pyridine rings is 1. The van der Waals surface area contributed by atoms with E-state index in [2.05, 4.69) is 4.98 Å². The molecule has 0 unspecified atom stereocenters. The van der Waals surface area contributed by atoms with Crippen LogP contribution in [0.5, 0.6) is 5.75 Å². The van der Waals surface area contributed by atoms with Gasteiger partial charge in [-0.2, -0.15) is 0 Å². The lowest BCUT2D eigenvalue weighted by Gasteiger charge is -2.14. The summed E-state index contributed by atoms with van der Waals surface area (Å²) < 4.78 is 5.50. The van der Waals surface area contributed by atoms with Gasteiger partial charge >= 0.3 is 0 Å².